The van der Waals surface area contributed by atoms with Crippen LogP contribution in [-0.4, -0.2) is 16.7 Å². The van der Waals surface area contributed by atoms with Crippen LogP contribution in [0, 0.1) is 23.7 Å². The van der Waals surface area contributed by atoms with Gasteiger partial charge in [0.05, 0.1) is 11.8 Å². The van der Waals surface area contributed by atoms with E-state index in [0.717, 1.165) is 0 Å². The van der Waals surface area contributed by atoms with Crippen molar-refractivity contribution in [3.63, 3.8) is 0 Å². The lowest BCUT2D eigenvalue weighted by Crippen LogP contribution is -2.37. The van der Waals surface area contributed by atoms with Gasteiger partial charge in [0.2, 0.25) is 5.78 Å². The highest BCUT2D eigenvalue weighted by Crippen LogP contribution is 2.35. The van der Waals surface area contributed by atoms with Crippen LogP contribution in [0.2, 0.25) is 0 Å². The number of allylic oxidation sites excluding steroid dienone is 6. The van der Waals surface area contributed by atoms with Gasteiger partial charge in [-0.3, -0.25) is 9.59 Å². The third kappa shape index (κ3) is 3.52. The van der Waals surface area contributed by atoms with Crippen LogP contribution >= 0.6 is 0 Å². The molecule has 2 rings (SSSR count). The molecule has 0 fully saturated rings. The summed E-state index contributed by atoms with van der Waals surface area (Å²) in [4.78, 5) is 24.5. The summed E-state index contributed by atoms with van der Waals surface area (Å²) in [5, 5.41) is 10.0. The molecular weight excluding hydrogens is 264 g/mol. The number of ketones is 2. The van der Waals surface area contributed by atoms with Crippen molar-refractivity contribution >= 4 is 11.6 Å². The van der Waals surface area contributed by atoms with Gasteiger partial charge in [-0.2, -0.15) is 0 Å². The van der Waals surface area contributed by atoms with Crippen LogP contribution in [0.3, 0.4) is 0 Å². The van der Waals surface area contributed by atoms with Gasteiger partial charge in [0.25, 0.3) is 0 Å². The van der Waals surface area contributed by atoms with Crippen LogP contribution < -0.4 is 0 Å². The number of rotatable bonds is 3. The van der Waals surface area contributed by atoms with E-state index in [1.54, 1.807) is 24.3 Å². The van der Waals surface area contributed by atoms with Gasteiger partial charge in [-0.25, -0.2) is 0 Å². The van der Waals surface area contributed by atoms with Gasteiger partial charge in [-0.1, -0.05) is 58.9 Å². The molecule has 0 spiro atoms. The topological polar surface area (TPSA) is 54.4 Å². The molecule has 0 saturated carbocycles. The SMILES string of the molecule is CC.CC(C)C(C)CC1=C(O)C(=O)C2C=CC=CC2C1=O. The summed E-state index contributed by atoms with van der Waals surface area (Å²) in [7, 11) is 0. The van der Waals surface area contributed by atoms with Gasteiger partial charge < -0.3 is 5.11 Å². The van der Waals surface area contributed by atoms with Crippen LogP contribution in [0.4, 0.5) is 0 Å². The van der Waals surface area contributed by atoms with E-state index in [9.17, 15) is 14.7 Å². The molecular formula is C18H26O3. The zero-order valence-corrected chi connectivity index (χ0v) is 13.6. The van der Waals surface area contributed by atoms with Crippen molar-refractivity contribution in [2.75, 3.05) is 0 Å². The van der Waals surface area contributed by atoms with Gasteiger partial charge in [-0.15, -0.1) is 0 Å². The minimum Gasteiger partial charge on any atom is -0.504 e. The quantitative estimate of drug-likeness (QED) is 0.854. The third-order valence-electron chi connectivity index (χ3n) is 4.22. The Morgan fingerprint density at radius 1 is 1.00 bits per heavy atom. The number of aliphatic hydroxyl groups excluding tert-OH is 1. The first kappa shape index (κ1) is 17.4. The summed E-state index contributed by atoms with van der Waals surface area (Å²) in [6, 6.07) is 0. The van der Waals surface area contributed by atoms with Crippen LogP contribution in [-0.2, 0) is 9.59 Å². The average molecular weight is 290 g/mol. The minimum absolute atomic E-state index is 0.102. The maximum absolute atomic E-state index is 12.4. The Morgan fingerprint density at radius 3 is 1.95 bits per heavy atom. The molecule has 3 nitrogen and oxygen atoms in total. The molecule has 116 valence electrons. The Hall–Kier alpha value is -1.64. The first-order chi connectivity index (χ1) is 9.93. The fraction of sp³-hybridized carbons (Fsp3) is 0.556. The summed E-state index contributed by atoms with van der Waals surface area (Å²) >= 11 is 0. The Labute approximate surface area is 127 Å². The van der Waals surface area contributed by atoms with E-state index in [-0.39, 0.29) is 23.2 Å². The Morgan fingerprint density at radius 2 is 1.48 bits per heavy atom. The Bertz CT molecular complexity index is 495. The normalized spacial score (nSPS) is 25.6. The van der Waals surface area contributed by atoms with Crippen molar-refractivity contribution in [2.24, 2.45) is 23.7 Å². The smallest absolute Gasteiger partial charge is 0.205 e. The van der Waals surface area contributed by atoms with Gasteiger partial charge in [-0.05, 0) is 18.3 Å². The molecule has 2 aliphatic rings. The van der Waals surface area contributed by atoms with Crippen LogP contribution in [0.25, 0.3) is 0 Å². The van der Waals surface area contributed by atoms with Gasteiger partial charge in [0, 0.05) is 5.57 Å². The molecule has 2 aliphatic carbocycles. The van der Waals surface area contributed by atoms with E-state index < -0.39 is 11.8 Å². The van der Waals surface area contributed by atoms with Crippen molar-refractivity contribution in [2.45, 2.75) is 41.0 Å². The summed E-state index contributed by atoms with van der Waals surface area (Å²) < 4.78 is 0. The largest absolute Gasteiger partial charge is 0.504 e. The highest BCUT2D eigenvalue weighted by molar-refractivity contribution is 6.14. The first-order valence-corrected chi connectivity index (χ1v) is 7.79. The van der Waals surface area contributed by atoms with E-state index in [0.29, 0.717) is 17.9 Å². The van der Waals surface area contributed by atoms with Gasteiger partial charge in [0.1, 0.15) is 0 Å². The molecule has 0 aliphatic heterocycles. The third-order valence-corrected chi connectivity index (χ3v) is 4.22. The van der Waals surface area contributed by atoms with Gasteiger partial charge in [0.15, 0.2) is 11.5 Å². The van der Waals surface area contributed by atoms with Crippen molar-refractivity contribution in [3.8, 4) is 0 Å². The highest BCUT2D eigenvalue weighted by atomic mass is 16.3. The fourth-order valence-electron chi connectivity index (χ4n) is 2.49. The minimum atomic E-state index is -0.518. The number of carbonyl (C=O) groups excluding carboxylic acids is 2. The molecule has 3 heteroatoms. The predicted octanol–water partition coefficient (Wildman–Crippen LogP) is 4.02. The lowest BCUT2D eigenvalue weighted by molar-refractivity contribution is -0.129. The highest BCUT2D eigenvalue weighted by Gasteiger charge is 2.41. The van der Waals surface area contributed by atoms with E-state index in [4.69, 9.17) is 0 Å². The zero-order valence-electron chi connectivity index (χ0n) is 13.6. The monoisotopic (exact) mass is 290 g/mol. The average Bonchev–Trinajstić information content (AvgIpc) is 2.51. The Balaban J connectivity index is 0.00000106. The number of hydrogen-bond acceptors (Lipinski definition) is 3. The second-order valence-electron chi connectivity index (χ2n) is 5.80. The van der Waals surface area contributed by atoms with Gasteiger partial charge >= 0.3 is 0 Å². The van der Waals surface area contributed by atoms with Crippen LogP contribution in [0.1, 0.15) is 41.0 Å². The molecule has 0 heterocycles. The fourth-order valence-corrected chi connectivity index (χ4v) is 2.49. The summed E-state index contributed by atoms with van der Waals surface area (Å²) in [5.74, 6) is -1.03. The molecule has 0 amide bonds. The van der Waals surface area contributed by atoms with E-state index in [1.165, 1.54) is 0 Å². The standard InChI is InChI=1S/C16H20O3.C2H6/c1-9(2)10(3)8-13-14(17)11-6-4-5-7-12(11)15(18)16(13)19;1-2/h4-7,9-12,19H,8H2,1-3H3;1-2H3. The van der Waals surface area contributed by atoms with Crippen molar-refractivity contribution in [1.29, 1.82) is 0 Å². The molecule has 3 atom stereocenters. The molecule has 0 radical (unpaired) electrons. The molecule has 1 N–H and O–H groups in total. The molecule has 0 saturated heterocycles. The first-order valence-electron chi connectivity index (χ1n) is 7.79. The lowest BCUT2D eigenvalue weighted by atomic mass is 9.72. The van der Waals surface area contributed by atoms with E-state index >= 15 is 0 Å². The predicted molar refractivity (Wildman–Crippen MR) is 84.9 cm³/mol. The molecule has 21 heavy (non-hydrogen) atoms. The van der Waals surface area contributed by atoms with Crippen molar-refractivity contribution in [1.82, 2.24) is 0 Å². The summed E-state index contributed by atoms with van der Waals surface area (Å²) in [5.41, 5.74) is 0.312. The molecule has 3 unspecified atom stereocenters. The van der Waals surface area contributed by atoms with Crippen LogP contribution in [0.5, 0.6) is 0 Å². The number of fused-ring (bicyclic) bond motifs is 1. The molecule has 0 aromatic carbocycles. The zero-order chi connectivity index (χ0) is 16.2. The van der Waals surface area contributed by atoms with Crippen LogP contribution in [0.15, 0.2) is 35.6 Å². The summed E-state index contributed by atoms with van der Waals surface area (Å²) in [6.45, 7) is 10.2. The summed E-state index contributed by atoms with van der Waals surface area (Å²) in [6.07, 6.45) is 7.47. The maximum atomic E-state index is 12.4. The second-order valence-corrected chi connectivity index (χ2v) is 5.80. The van der Waals surface area contributed by atoms with Crippen molar-refractivity contribution < 1.29 is 14.7 Å². The van der Waals surface area contributed by atoms with E-state index in [2.05, 4.69) is 13.8 Å². The number of carbonyl (C=O) groups is 2. The number of Topliss-reactive ketones (excluding diaryl/α,β-unsaturated/α-hetero) is 2. The van der Waals surface area contributed by atoms with E-state index in [1.807, 2.05) is 20.8 Å². The maximum Gasteiger partial charge on any atom is 0.205 e. The molecule has 0 aromatic heterocycles. The second kappa shape index (κ2) is 7.39. The molecule has 0 aromatic rings. The number of aliphatic hydroxyl groups is 1. The Kier molecular flexibility index (Phi) is 6.13. The number of hydrogen-bond donors (Lipinski definition) is 1. The van der Waals surface area contributed by atoms with Crippen molar-refractivity contribution in [3.05, 3.63) is 35.6 Å². The molecule has 0 bridgehead atoms. The lowest BCUT2D eigenvalue weighted by Gasteiger charge is -2.29.